The molecule has 0 radical (unpaired) electrons. The number of hydrogen-bond acceptors (Lipinski definition) is 5. The molecule has 0 aliphatic carbocycles. The number of methoxy groups -OCH3 is 2. The van der Waals surface area contributed by atoms with Gasteiger partial charge in [-0.1, -0.05) is 54.6 Å². The van der Waals surface area contributed by atoms with Crippen LogP contribution >= 0.6 is 0 Å². The number of anilines is 3. The van der Waals surface area contributed by atoms with Gasteiger partial charge in [0.15, 0.2) is 0 Å². The summed E-state index contributed by atoms with van der Waals surface area (Å²) in [7, 11) is 2.58. The zero-order valence-electron chi connectivity index (χ0n) is 17.2. The molecule has 31 heavy (non-hydrogen) atoms. The molecule has 5 nitrogen and oxygen atoms in total. The average Bonchev–Trinajstić information content (AvgIpc) is 2.83. The van der Waals surface area contributed by atoms with Crippen LogP contribution in [0.3, 0.4) is 0 Å². The van der Waals surface area contributed by atoms with Crippen LogP contribution in [0.5, 0.6) is 0 Å². The highest BCUT2D eigenvalue weighted by molar-refractivity contribution is 6.08. The summed E-state index contributed by atoms with van der Waals surface area (Å²) in [6, 6.07) is 28.9. The van der Waals surface area contributed by atoms with E-state index in [1.807, 2.05) is 77.7 Å². The van der Waals surface area contributed by atoms with Crippen molar-refractivity contribution in [3.63, 3.8) is 0 Å². The lowest BCUT2D eigenvalue weighted by Crippen LogP contribution is -2.19. The van der Waals surface area contributed by atoms with Gasteiger partial charge in [-0.2, -0.15) is 0 Å². The van der Waals surface area contributed by atoms with Crippen LogP contribution in [-0.2, 0) is 9.47 Å². The fraction of sp³-hybridized carbons (Fsp3) is 0.0769. The van der Waals surface area contributed by atoms with Crippen molar-refractivity contribution in [3.8, 4) is 0 Å². The van der Waals surface area contributed by atoms with Gasteiger partial charge in [-0.05, 0) is 47.2 Å². The highest BCUT2D eigenvalue weighted by Gasteiger charge is 2.26. The smallest absolute Gasteiger partial charge is 0.340 e. The van der Waals surface area contributed by atoms with Gasteiger partial charge in [-0.15, -0.1) is 0 Å². The quantitative estimate of drug-likeness (QED) is 0.384. The molecule has 5 heteroatoms. The van der Waals surface area contributed by atoms with E-state index in [-0.39, 0.29) is 11.1 Å². The Morgan fingerprint density at radius 3 is 2.03 bits per heavy atom. The van der Waals surface area contributed by atoms with E-state index in [0.29, 0.717) is 5.69 Å². The lowest BCUT2D eigenvalue weighted by Gasteiger charge is -2.28. The number of fused-ring (bicyclic) bond motifs is 1. The van der Waals surface area contributed by atoms with Crippen LogP contribution in [0.15, 0.2) is 91.0 Å². The van der Waals surface area contributed by atoms with Crippen molar-refractivity contribution >= 4 is 39.8 Å². The first-order valence-electron chi connectivity index (χ1n) is 9.77. The maximum absolute atomic E-state index is 12.8. The predicted octanol–water partition coefficient (Wildman–Crippen LogP) is 5.88. The SMILES string of the molecule is COC(=O)c1cccc(N(c2ccccc2)c2ccc3ccccc3c2)c1C(=O)OC. The van der Waals surface area contributed by atoms with E-state index < -0.39 is 11.9 Å². The average molecular weight is 411 g/mol. The lowest BCUT2D eigenvalue weighted by molar-refractivity contribution is 0.0556. The largest absolute Gasteiger partial charge is 0.465 e. The molecule has 0 aliphatic heterocycles. The normalized spacial score (nSPS) is 10.5. The zero-order chi connectivity index (χ0) is 21.8. The van der Waals surface area contributed by atoms with Crippen LogP contribution in [0, 0.1) is 0 Å². The molecule has 4 aromatic carbocycles. The van der Waals surface area contributed by atoms with Crippen molar-refractivity contribution < 1.29 is 19.1 Å². The van der Waals surface area contributed by atoms with E-state index in [9.17, 15) is 9.59 Å². The minimum atomic E-state index is -0.613. The van der Waals surface area contributed by atoms with E-state index in [4.69, 9.17) is 9.47 Å². The Bertz CT molecular complexity index is 1250. The second kappa shape index (κ2) is 8.71. The Balaban J connectivity index is 2.01. The number of carbonyl (C=O) groups excluding carboxylic acids is 2. The van der Waals surface area contributed by atoms with Crippen molar-refractivity contribution in [2.45, 2.75) is 0 Å². The highest BCUT2D eigenvalue weighted by Crippen LogP contribution is 2.39. The molecule has 0 fully saturated rings. The van der Waals surface area contributed by atoms with Crippen LogP contribution in [0.1, 0.15) is 20.7 Å². The molecule has 0 heterocycles. The van der Waals surface area contributed by atoms with Gasteiger partial charge in [0.05, 0.1) is 31.0 Å². The molecule has 0 aromatic heterocycles. The first-order valence-corrected chi connectivity index (χ1v) is 9.77. The Morgan fingerprint density at radius 1 is 0.645 bits per heavy atom. The Kier molecular flexibility index (Phi) is 5.67. The second-order valence-electron chi connectivity index (χ2n) is 6.89. The summed E-state index contributed by atoms with van der Waals surface area (Å²) >= 11 is 0. The summed E-state index contributed by atoms with van der Waals surface area (Å²) in [6.45, 7) is 0. The third kappa shape index (κ3) is 3.85. The van der Waals surface area contributed by atoms with E-state index in [2.05, 4.69) is 0 Å². The molecule has 0 saturated heterocycles. The zero-order valence-corrected chi connectivity index (χ0v) is 17.2. The maximum atomic E-state index is 12.8. The van der Waals surface area contributed by atoms with Gasteiger partial charge in [0.2, 0.25) is 0 Å². The molecule has 0 aliphatic rings. The van der Waals surface area contributed by atoms with Crippen molar-refractivity contribution in [1.82, 2.24) is 0 Å². The molecule has 154 valence electrons. The molecule has 0 atom stereocenters. The Morgan fingerprint density at radius 2 is 1.32 bits per heavy atom. The molecule has 0 N–H and O–H groups in total. The van der Waals surface area contributed by atoms with Gasteiger partial charge in [-0.25, -0.2) is 9.59 Å². The molecule has 4 aromatic rings. The number of esters is 2. The number of ether oxygens (including phenoxy) is 2. The number of nitrogens with zero attached hydrogens (tertiary/aromatic N) is 1. The van der Waals surface area contributed by atoms with Gasteiger partial charge in [0, 0.05) is 11.4 Å². The topological polar surface area (TPSA) is 55.8 Å². The highest BCUT2D eigenvalue weighted by atomic mass is 16.5. The minimum Gasteiger partial charge on any atom is -0.465 e. The Labute approximate surface area is 180 Å². The second-order valence-corrected chi connectivity index (χ2v) is 6.89. The molecular formula is C26H21NO4. The summed E-state index contributed by atoms with van der Waals surface area (Å²) in [5.74, 6) is -1.22. The monoisotopic (exact) mass is 411 g/mol. The number of para-hydroxylation sites is 1. The minimum absolute atomic E-state index is 0.147. The van der Waals surface area contributed by atoms with Crippen LogP contribution in [0.25, 0.3) is 10.8 Å². The molecule has 0 spiro atoms. The van der Waals surface area contributed by atoms with E-state index in [1.54, 1.807) is 18.2 Å². The van der Waals surface area contributed by atoms with Crippen LogP contribution in [0.4, 0.5) is 17.1 Å². The van der Waals surface area contributed by atoms with Crippen molar-refractivity contribution in [1.29, 1.82) is 0 Å². The van der Waals surface area contributed by atoms with Crippen molar-refractivity contribution in [2.75, 3.05) is 19.1 Å². The number of carbonyl (C=O) groups is 2. The molecular weight excluding hydrogens is 390 g/mol. The van der Waals surface area contributed by atoms with Crippen LogP contribution in [0.2, 0.25) is 0 Å². The lowest BCUT2D eigenvalue weighted by atomic mass is 10.0. The fourth-order valence-electron chi connectivity index (χ4n) is 3.64. The molecule has 0 saturated carbocycles. The fourth-order valence-corrected chi connectivity index (χ4v) is 3.64. The van der Waals surface area contributed by atoms with E-state index >= 15 is 0 Å². The summed E-state index contributed by atoms with van der Waals surface area (Å²) in [6.07, 6.45) is 0. The third-order valence-corrected chi connectivity index (χ3v) is 5.08. The standard InChI is InChI=1S/C26H21NO4/c1-30-25(28)22-13-8-14-23(24(22)26(29)31-2)27(20-11-4-3-5-12-20)21-16-15-18-9-6-7-10-19(18)17-21/h3-17H,1-2H3. The number of benzene rings is 4. The first kappa shape index (κ1) is 20.2. The number of rotatable bonds is 5. The Hall–Kier alpha value is -4.12. The summed E-state index contributed by atoms with van der Waals surface area (Å²) in [5, 5.41) is 2.17. The van der Waals surface area contributed by atoms with Crippen molar-refractivity contribution in [3.05, 3.63) is 102 Å². The third-order valence-electron chi connectivity index (χ3n) is 5.08. The summed E-state index contributed by atoms with van der Waals surface area (Å²) in [4.78, 5) is 27.2. The summed E-state index contributed by atoms with van der Waals surface area (Å²) < 4.78 is 9.94. The van der Waals surface area contributed by atoms with Gasteiger partial charge in [-0.3, -0.25) is 0 Å². The first-order chi connectivity index (χ1) is 15.1. The summed E-state index contributed by atoms with van der Waals surface area (Å²) in [5.41, 5.74) is 2.50. The van der Waals surface area contributed by atoms with E-state index in [1.165, 1.54) is 14.2 Å². The maximum Gasteiger partial charge on any atom is 0.340 e. The van der Waals surface area contributed by atoms with Gasteiger partial charge >= 0.3 is 11.9 Å². The molecule has 0 amide bonds. The molecule has 0 bridgehead atoms. The van der Waals surface area contributed by atoms with Crippen LogP contribution in [-0.4, -0.2) is 26.2 Å². The number of hydrogen-bond donors (Lipinski definition) is 0. The predicted molar refractivity (Wildman–Crippen MR) is 121 cm³/mol. The molecule has 0 unspecified atom stereocenters. The van der Waals surface area contributed by atoms with Gasteiger partial charge < -0.3 is 14.4 Å². The van der Waals surface area contributed by atoms with Gasteiger partial charge in [0.1, 0.15) is 0 Å². The molecule has 4 rings (SSSR count). The van der Waals surface area contributed by atoms with Crippen LogP contribution < -0.4 is 4.90 Å². The van der Waals surface area contributed by atoms with E-state index in [0.717, 1.165) is 22.1 Å². The van der Waals surface area contributed by atoms with Gasteiger partial charge in [0.25, 0.3) is 0 Å². The van der Waals surface area contributed by atoms with Crippen molar-refractivity contribution in [2.24, 2.45) is 0 Å².